The van der Waals surface area contributed by atoms with Crippen LogP contribution in [0.1, 0.15) is 24.6 Å². The molecule has 2 heterocycles. The van der Waals surface area contributed by atoms with Crippen molar-refractivity contribution in [1.82, 2.24) is 15.0 Å². The summed E-state index contributed by atoms with van der Waals surface area (Å²) in [4.78, 5) is 12.9. The maximum Gasteiger partial charge on any atom is 0.175 e. The van der Waals surface area contributed by atoms with E-state index in [0.29, 0.717) is 27.5 Å². The fraction of sp³-hybridized carbons (Fsp3) is 0.150. The number of fused-ring (bicyclic) bond motifs is 2. The van der Waals surface area contributed by atoms with E-state index in [1.165, 1.54) is 12.3 Å². The molecule has 7 heteroatoms. The van der Waals surface area contributed by atoms with Gasteiger partial charge in [-0.05, 0) is 24.3 Å². The van der Waals surface area contributed by atoms with Gasteiger partial charge in [0.15, 0.2) is 5.82 Å². The monoisotopic (exact) mass is 382 g/mol. The number of halogens is 3. The quantitative estimate of drug-likeness (QED) is 0.515. The number of hydrogen-bond acceptors (Lipinski definition) is 4. The number of hydrogen-bond donors (Lipinski definition) is 1. The Morgan fingerprint density at radius 1 is 1.07 bits per heavy atom. The Bertz CT molecular complexity index is 1240. The van der Waals surface area contributed by atoms with Crippen molar-refractivity contribution < 1.29 is 8.78 Å². The van der Waals surface area contributed by atoms with Crippen molar-refractivity contribution in [3.05, 3.63) is 59.0 Å². The Balaban J connectivity index is 1.83. The molecule has 2 aromatic carbocycles. The highest BCUT2D eigenvalue weighted by molar-refractivity contribution is 6.36. The summed E-state index contributed by atoms with van der Waals surface area (Å²) in [6.45, 7) is 0. The minimum Gasteiger partial charge on any atom is -0.383 e. The summed E-state index contributed by atoms with van der Waals surface area (Å²) >= 11 is 6.18. The average molecular weight is 383 g/mol. The van der Waals surface area contributed by atoms with Crippen molar-refractivity contribution >= 4 is 39.1 Å². The fourth-order valence-corrected chi connectivity index (χ4v) is 3.59. The zero-order chi connectivity index (χ0) is 18.7. The standard InChI is InChI=1S/C20H13ClF2N4/c21-15-13(22)7-6-9-2-1-3-11(14(9)15)17-16(23)18-12(8-25-17)19(24)27-20(26-18)10-4-5-10/h1-3,6-8,10H,4-5H2,(H2,24,26,27). The normalized spacial score (nSPS) is 14.2. The number of benzene rings is 2. The first kappa shape index (κ1) is 16.3. The SMILES string of the molecule is Nc1nc(C2CC2)nc2c(F)c(-c3cccc4ccc(F)c(Cl)c34)ncc12. The van der Waals surface area contributed by atoms with E-state index in [4.69, 9.17) is 17.3 Å². The first-order valence-electron chi connectivity index (χ1n) is 8.53. The molecule has 0 unspecified atom stereocenters. The number of rotatable bonds is 2. The molecule has 0 amide bonds. The Labute approximate surface area is 158 Å². The van der Waals surface area contributed by atoms with Crippen molar-refractivity contribution in [3.8, 4) is 11.3 Å². The van der Waals surface area contributed by atoms with Crippen molar-refractivity contribution in [1.29, 1.82) is 0 Å². The minimum atomic E-state index is -0.615. The van der Waals surface area contributed by atoms with Crippen LogP contribution in [0.5, 0.6) is 0 Å². The zero-order valence-electron chi connectivity index (χ0n) is 14.0. The van der Waals surface area contributed by atoms with Gasteiger partial charge in [0.2, 0.25) is 0 Å². The van der Waals surface area contributed by atoms with E-state index in [1.54, 1.807) is 24.3 Å². The molecule has 1 saturated carbocycles. The molecule has 1 aliphatic rings. The molecule has 2 aromatic heterocycles. The first-order valence-corrected chi connectivity index (χ1v) is 8.91. The van der Waals surface area contributed by atoms with Crippen molar-refractivity contribution in [2.45, 2.75) is 18.8 Å². The molecule has 2 N–H and O–H groups in total. The molecule has 0 aliphatic heterocycles. The van der Waals surface area contributed by atoms with Crippen LogP contribution in [0.3, 0.4) is 0 Å². The van der Waals surface area contributed by atoms with Crippen LogP contribution in [0.2, 0.25) is 5.02 Å². The number of aromatic nitrogens is 3. The predicted molar refractivity (Wildman–Crippen MR) is 102 cm³/mol. The minimum absolute atomic E-state index is 0.0560. The summed E-state index contributed by atoms with van der Waals surface area (Å²) in [6, 6.07) is 8.09. The summed E-state index contributed by atoms with van der Waals surface area (Å²) in [5, 5.41) is 1.40. The molecule has 4 aromatic rings. The second kappa shape index (κ2) is 5.82. The van der Waals surface area contributed by atoms with Gasteiger partial charge in [0.05, 0.1) is 10.4 Å². The van der Waals surface area contributed by atoms with Crippen LogP contribution in [0, 0.1) is 11.6 Å². The number of nitrogens with zero attached hydrogens (tertiary/aromatic N) is 3. The van der Waals surface area contributed by atoms with E-state index >= 15 is 4.39 Å². The van der Waals surface area contributed by atoms with Crippen LogP contribution in [-0.2, 0) is 0 Å². The molecule has 1 fully saturated rings. The zero-order valence-corrected chi connectivity index (χ0v) is 14.8. The molecule has 1 aliphatic carbocycles. The van der Waals surface area contributed by atoms with E-state index in [-0.39, 0.29) is 28.0 Å². The predicted octanol–water partition coefficient (Wildman–Crippen LogP) is 5.24. The first-order chi connectivity index (χ1) is 13.0. The summed E-state index contributed by atoms with van der Waals surface area (Å²) in [5.74, 6) is -0.189. The molecule has 0 atom stereocenters. The van der Waals surface area contributed by atoms with Gasteiger partial charge >= 0.3 is 0 Å². The highest BCUT2D eigenvalue weighted by Crippen LogP contribution is 2.40. The highest BCUT2D eigenvalue weighted by atomic mass is 35.5. The maximum absolute atomic E-state index is 15.4. The van der Waals surface area contributed by atoms with Crippen LogP contribution in [-0.4, -0.2) is 15.0 Å². The van der Waals surface area contributed by atoms with Gasteiger partial charge < -0.3 is 5.73 Å². The van der Waals surface area contributed by atoms with Gasteiger partial charge in [0, 0.05) is 23.1 Å². The van der Waals surface area contributed by atoms with Gasteiger partial charge in [-0.2, -0.15) is 0 Å². The van der Waals surface area contributed by atoms with Gasteiger partial charge in [-0.1, -0.05) is 35.9 Å². The number of pyridine rings is 1. The Morgan fingerprint density at radius 3 is 2.67 bits per heavy atom. The van der Waals surface area contributed by atoms with Gasteiger partial charge in [0.25, 0.3) is 0 Å². The van der Waals surface area contributed by atoms with Crippen LogP contribution >= 0.6 is 11.6 Å². The lowest BCUT2D eigenvalue weighted by Crippen LogP contribution is -2.03. The van der Waals surface area contributed by atoms with E-state index in [0.717, 1.165) is 12.8 Å². The van der Waals surface area contributed by atoms with Crippen LogP contribution in [0.15, 0.2) is 36.5 Å². The lowest BCUT2D eigenvalue weighted by Gasteiger charge is -2.11. The second-order valence-corrected chi connectivity index (χ2v) is 7.07. The third-order valence-electron chi connectivity index (χ3n) is 4.86. The number of anilines is 1. The second-order valence-electron chi connectivity index (χ2n) is 6.69. The molecule has 4 nitrogen and oxygen atoms in total. The van der Waals surface area contributed by atoms with Crippen molar-refractivity contribution in [2.24, 2.45) is 0 Å². The van der Waals surface area contributed by atoms with Crippen LogP contribution < -0.4 is 5.73 Å². The lowest BCUT2D eigenvalue weighted by atomic mass is 10.0. The summed E-state index contributed by atoms with van der Waals surface area (Å²) in [6.07, 6.45) is 3.40. The molecule has 5 rings (SSSR count). The maximum atomic E-state index is 15.4. The van der Waals surface area contributed by atoms with E-state index in [9.17, 15) is 4.39 Å². The van der Waals surface area contributed by atoms with Crippen molar-refractivity contribution in [2.75, 3.05) is 5.73 Å². The molecule has 0 radical (unpaired) electrons. The van der Waals surface area contributed by atoms with Gasteiger partial charge in [0.1, 0.15) is 28.7 Å². The number of nitrogens with two attached hydrogens (primary N) is 1. The summed E-state index contributed by atoms with van der Waals surface area (Å²) in [5.41, 5.74) is 6.57. The average Bonchev–Trinajstić information content (AvgIpc) is 3.50. The summed E-state index contributed by atoms with van der Waals surface area (Å²) in [7, 11) is 0. The van der Waals surface area contributed by atoms with E-state index < -0.39 is 11.6 Å². The topological polar surface area (TPSA) is 64.7 Å². The Kier molecular flexibility index (Phi) is 3.52. The molecule has 27 heavy (non-hydrogen) atoms. The summed E-state index contributed by atoms with van der Waals surface area (Å²) < 4.78 is 29.4. The lowest BCUT2D eigenvalue weighted by molar-refractivity contribution is 0.629. The number of nitrogen functional groups attached to an aromatic ring is 1. The molecule has 0 spiro atoms. The third kappa shape index (κ3) is 2.51. The Morgan fingerprint density at radius 2 is 1.89 bits per heavy atom. The van der Waals surface area contributed by atoms with E-state index in [2.05, 4.69) is 15.0 Å². The van der Waals surface area contributed by atoms with Gasteiger partial charge in [-0.3, -0.25) is 4.98 Å². The third-order valence-corrected chi connectivity index (χ3v) is 5.23. The molecule has 0 saturated heterocycles. The molecular formula is C20H13ClF2N4. The largest absolute Gasteiger partial charge is 0.383 e. The van der Waals surface area contributed by atoms with Gasteiger partial charge in [-0.25, -0.2) is 18.7 Å². The fourth-order valence-electron chi connectivity index (χ4n) is 3.32. The molecule has 134 valence electrons. The molecular weight excluding hydrogens is 370 g/mol. The highest BCUT2D eigenvalue weighted by Gasteiger charge is 2.28. The smallest absolute Gasteiger partial charge is 0.175 e. The van der Waals surface area contributed by atoms with Crippen LogP contribution in [0.25, 0.3) is 32.9 Å². The van der Waals surface area contributed by atoms with Crippen LogP contribution in [0.4, 0.5) is 14.6 Å². The van der Waals surface area contributed by atoms with E-state index in [1.807, 2.05) is 0 Å². The van der Waals surface area contributed by atoms with Crippen molar-refractivity contribution in [3.63, 3.8) is 0 Å². The van der Waals surface area contributed by atoms with Gasteiger partial charge in [-0.15, -0.1) is 0 Å². The Hall–Kier alpha value is -2.86. The molecule has 0 bridgehead atoms.